The number of hydrogen-bond acceptors (Lipinski definition) is 1. The van der Waals surface area contributed by atoms with Crippen molar-refractivity contribution in [3.63, 3.8) is 0 Å². The number of hydrogen-bond donors (Lipinski definition) is 1. The quantitative estimate of drug-likeness (QED) is 0.393. The summed E-state index contributed by atoms with van der Waals surface area (Å²) in [6.45, 7) is 2.25. The molecule has 0 aliphatic carbocycles. The Morgan fingerprint density at radius 3 is 2.06 bits per heavy atom. The number of benzene rings is 1. The number of unbranched alkanes of at least 4 members (excludes halogenated alkanes) is 2. The summed E-state index contributed by atoms with van der Waals surface area (Å²) >= 11 is 0. The zero-order valence-electron chi connectivity index (χ0n) is 9.78. The minimum absolute atomic E-state index is 0. The predicted octanol–water partition coefficient (Wildman–Crippen LogP) is 3.14. The molecule has 0 saturated carbocycles. The van der Waals surface area contributed by atoms with E-state index in [4.69, 9.17) is 11.5 Å². The molecule has 84 valence electrons. The first kappa shape index (κ1) is 21.3. The van der Waals surface area contributed by atoms with Crippen molar-refractivity contribution in [1.29, 1.82) is 0 Å². The molecule has 1 N–H and O–H groups in total. The standard InChI is InChI=1S/C7H8O.C6H9.BrH.Mg/c8-6-7-4-2-1-3-5-7;1-3-5-6-4-2;;/h1-5,8H,6H2;3,5-6H2,1H3;1H;/q;-1;;+2. The molecular formula is C13H18BrMgO+. The first-order valence-corrected chi connectivity index (χ1v) is 4.89. The zero-order valence-corrected chi connectivity index (χ0v) is 12.9. The molecule has 0 saturated heterocycles. The maximum atomic E-state index is 8.54. The Morgan fingerprint density at radius 1 is 1.25 bits per heavy atom. The van der Waals surface area contributed by atoms with Crippen LogP contribution >= 0.6 is 17.0 Å². The molecule has 0 bridgehead atoms. The van der Waals surface area contributed by atoms with Crippen molar-refractivity contribution in [2.45, 2.75) is 32.8 Å². The molecule has 1 rings (SSSR count). The summed E-state index contributed by atoms with van der Waals surface area (Å²) in [5, 5.41) is 8.54. The van der Waals surface area contributed by atoms with Crippen LogP contribution in [0.3, 0.4) is 0 Å². The van der Waals surface area contributed by atoms with Gasteiger partial charge < -0.3 is 17.5 Å². The van der Waals surface area contributed by atoms with Crippen molar-refractivity contribution in [2.75, 3.05) is 0 Å². The molecule has 0 atom stereocenters. The van der Waals surface area contributed by atoms with Crippen LogP contribution in [0.5, 0.6) is 0 Å². The molecule has 0 aliphatic rings. The van der Waals surface area contributed by atoms with Crippen LogP contribution < -0.4 is 0 Å². The van der Waals surface area contributed by atoms with Crippen LogP contribution in [0.25, 0.3) is 0 Å². The van der Waals surface area contributed by atoms with Crippen molar-refractivity contribution in [1.82, 2.24) is 0 Å². The normalized spacial score (nSPS) is 7.31. The van der Waals surface area contributed by atoms with Gasteiger partial charge in [-0.25, -0.2) is 0 Å². The predicted molar refractivity (Wildman–Crippen MR) is 75.1 cm³/mol. The first-order valence-electron chi connectivity index (χ1n) is 4.89. The van der Waals surface area contributed by atoms with Crippen LogP contribution in [0.4, 0.5) is 0 Å². The van der Waals surface area contributed by atoms with E-state index in [0.29, 0.717) is 0 Å². The van der Waals surface area contributed by atoms with Gasteiger partial charge in [0, 0.05) is 0 Å². The van der Waals surface area contributed by atoms with Gasteiger partial charge in [0.15, 0.2) is 0 Å². The van der Waals surface area contributed by atoms with Gasteiger partial charge in [0.05, 0.1) is 6.61 Å². The van der Waals surface area contributed by atoms with Crippen LogP contribution in [0.15, 0.2) is 30.3 Å². The molecule has 0 spiro atoms. The van der Waals surface area contributed by atoms with Gasteiger partial charge >= 0.3 is 23.1 Å². The Balaban J connectivity index is -0.000000195. The zero-order chi connectivity index (χ0) is 10.6. The summed E-state index contributed by atoms with van der Waals surface area (Å²) in [4.78, 5) is 0. The van der Waals surface area contributed by atoms with Crippen LogP contribution in [-0.4, -0.2) is 28.2 Å². The summed E-state index contributed by atoms with van der Waals surface area (Å²) in [5.41, 5.74) is 0.965. The fraction of sp³-hybridized carbons (Fsp3) is 0.385. The minimum Gasteiger partial charge on any atom is -0.694 e. The van der Waals surface area contributed by atoms with Gasteiger partial charge in [0.2, 0.25) is 0 Å². The molecule has 3 heteroatoms. The summed E-state index contributed by atoms with van der Waals surface area (Å²) in [6.07, 6.45) is 9.57. The van der Waals surface area contributed by atoms with Gasteiger partial charge in [-0.05, 0) is 18.4 Å². The third-order valence-corrected chi connectivity index (χ3v) is 1.68. The third-order valence-electron chi connectivity index (χ3n) is 1.68. The Labute approximate surface area is 126 Å². The van der Waals surface area contributed by atoms with Gasteiger partial charge in [-0.3, -0.25) is 0 Å². The molecule has 0 fully saturated rings. The maximum absolute atomic E-state index is 8.54. The van der Waals surface area contributed by atoms with E-state index in [9.17, 15) is 0 Å². The van der Waals surface area contributed by atoms with Crippen LogP contribution in [0.1, 0.15) is 31.7 Å². The SMILES string of the molecule is Br.OCc1ccccc1.[C-]#CCCCC.[Mg+2]. The van der Waals surface area contributed by atoms with Crippen molar-refractivity contribution in [3.05, 3.63) is 42.3 Å². The monoisotopic (exact) mass is 293 g/mol. The van der Waals surface area contributed by atoms with E-state index in [-0.39, 0.29) is 46.6 Å². The van der Waals surface area contributed by atoms with Crippen molar-refractivity contribution in [2.24, 2.45) is 0 Å². The van der Waals surface area contributed by atoms with Gasteiger partial charge in [0.25, 0.3) is 0 Å². The Bertz CT molecular complexity index is 256. The van der Waals surface area contributed by atoms with Gasteiger partial charge in [-0.2, -0.15) is 0 Å². The van der Waals surface area contributed by atoms with Crippen molar-refractivity contribution < 1.29 is 5.11 Å². The van der Waals surface area contributed by atoms with Crippen LogP contribution in [-0.2, 0) is 6.61 Å². The molecule has 0 heterocycles. The topological polar surface area (TPSA) is 20.2 Å². The smallest absolute Gasteiger partial charge is 0.694 e. The molecule has 1 aromatic carbocycles. The number of halogens is 1. The Kier molecular flexibility index (Phi) is 23.1. The number of aliphatic hydroxyl groups excluding tert-OH is 1. The fourth-order valence-corrected chi connectivity index (χ4v) is 0.849. The number of rotatable bonds is 3. The third kappa shape index (κ3) is 14.0. The van der Waals surface area contributed by atoms with Gasteiger partial charge in [0.1, 0.15) is 0 Å². The molecule has 1 aromatic rings. The molecule has 0 aliphatic heterocycles. The number of aliphatic hydroxyl groups is 1. The fourth-order valence-electron chi connectivity index (χ4n) is 0.849. The average molecular weight is 294 g/mol. The molecule has 0 amide bonds. The van der Waals surface area contributed by atoms with Crippen LogP contribution in [0.2, 0.25) is 0 Å². The second kappa shape index (κ2) is 17.4. The van der Waals surface area contributed by atoms with Gasteiger partial charge in [-0.1, -0.05) is 43.7 Å². The maximum Gasteiger partial charge on any atom is 2.00 e. The van der Waals surface area contributed by atoms with E-state index >= 15 is 0 Å². The summed E-state index contributed by atoms with van der Waals surface area (Å²) in [6, 6.07) is 9.52. The second-order valence-corrected chi connectivity index (χ2v) is 2.92. The average Bonchev–Trinajstić information content (AvgIpc) is 2.28. The molecule has 0 aromatic heterocycles. The molecule has 16 heavy (non-hydrogen) atoms. The van der Waals surface area contributed by atoms with E-state index in [1.807, 2.05) is 30.3 Å². The Morgan fingerprint density at radius 2 is 1.81 bits per heavy atom. The largest absolute Gasteiger partial charge is 2.00 e. The van der Waals surface area contributed by atoms with E-state index in [0.717, 1.165) is 18.4 Å². The first-order chi connectivity index (χ1) is 6.85. The van der Waals surface area contributed by atoms with Gasteiger partial charge in [-0.15, -0.1) is 17.0 Å². The second-order valence-electron chi connectivity index (χ2n) is 2.92. The minimum atomic E-state index is 0. The van der Waals surface area contributed by atoms with E-state index in [1.165, 1.54) is 6.42 Å². The Hall–Kier alpha value is -0.0138. The van der Waals surface area contributed by atoms with Crippen molar-refractivity contribution in [3.8, 4) is 5.92 Å². The van der Waals surface area contributed by atoms with E-state index in [1.54, 1.807) is 0 Å². The van der Waals surface area contributed by atoms with E-state index in [2.05, 4.69) is 12.8 Å². The van der Waals surface area contributed by atoms with E-state index < -0.39 is 0 Å². The molecular weight excluding hydrogens is 276 g/mol. The van der Waals surface area contributed by atoms with Crippen molar-refractivity contribution >= 4 is 40.0 Å². The van der Waals surface area contributed by atoms with Crippen LogP contribution in [0, 0.1) is 12.3 Å². The molecule has 1 nitrogen and oxygen atoms in total. The summed E-state index contributed by atoms with van der Waals surface area (Å²) in [5.74, 6) is 2.32. The molecule has 0 unspecified atom stereocenters. The summed E-state index contributed by atoms with van der Waals surface area (Å²) < 4.78 is 0. The summed E-state index contributed by atoms with van der Waals surface area (Å²) in [7, 11) is 0. The molecule has 0 radical (unpaired) electrons.